The van der Waals surface area contributed by atoms with E-state index in [9.17, 15) is 14.9 Å². The van der Waals surface area contributed by atoms with E-state index in [2.05, 4.69) is 17.2 Å². The van der Waals surface area contributed by atoms with E-state index in [0.29, 0.717) is 37.3 Å². The van der Waals surface area contributed by atoms with Crippen LogP contribution in [0.3, 0.4) is 0 Å². The van der Waals surface area contributed by atoms with Crippen LogP contribution in [0.15, 0.2) is 24.3 Å². The average Bonchev–Trinajstić information content (AvgIpc) is 2.88. The van der Waals surface area contributed by atoms with Crippen molar-refractivity contribution in [2.24, 2.45) is 0 Å². The van der Waals surface area contributed by atoms with E-state index in [1.807, 2.05) is 17.0 Å². The highest BCUT2D eigenvalue weighted by atomic mass is 16.6. The van der Waals surface area contributed by atoms with Crippen molar-refractivity contribution in [1.29, 1.82) is 0 Å². The van der Waals surface area contributed by atoms with Crippen LogP contribution in [-0.2, 0) is 24.3 Å². The summed E-state index contributed by atoms with van der Waals surface area (Å²) in [5.41, 5.74) is 3.57. The minimum absolute atomic E-state index is 0.0685. The number of carbonyl (C=O) groups excluding carboxylic acids is 1. The summed E-state index contributed by atoms with van der Waals surface area (Å²) in [5, 5.41) is 15.3. The maximum absolute atomic E-state index is 12.5. The number of hydrogen-bond donors (Lipinski definition) is 0. The van der Waals surface area contributed by atoms with Gasteiger partial charge in [0.05, 0.1) is 4.92 Å². The number of hydrogen-bond acceptors (Lipinski definition) is 4. The quantitative estimate of drug-likeness (QED) is 0.618. The summed E-state index contributed by atoms with van der Waals surface area (Å²) in [6.45, 7) is 5.26. The van der Waals surface area contributed by atoms with Crippen molar-refractivity contribution < 1.29 is 9.72 Å². The Hall–Kier alpha value is -2.70. The van der Waals surface area contributed by atoms with Crippen LogP contribution in [0.1, 0.15) is 35.4 Å². The highest BCUT2D eigenvalue weighted by Crippen LogP contribution is 2.22. The van der Waals surface area contributed by atoms with E-state index in [1.54, 1.807) is 18.5 Å². The Kier molecular flexibility index (Phi) is 4.83. The van der Waals surface area contributed by atoms with Gasteiger partial charge in [0, 0.05) is 26.1 Å². The molecule has 1 aromatic heterocycles. The van der Waals surface area contributed by atoms with E-state index < -0.39 is 4.92 Å². The average molecular weight is 342 g/mol. The number of aromatic nitrogens is 2. The number of nitro groups is 1. The first-order chi connectivity index (χ1) is 12.0. The minimum atomic E-state index is -0.398. The zero-order valence-electron chi connectivity index (χ0n) is 14.6. The molecule has 1 aliphatic heterocycles. The summed E-state index contributed by atoms with van der Waals surface area (Å²) in [4.78, 5) is 25.0. The lowest BCUT2D eigenvalue weighted by Crippen LogP contribution is -2.35. The number of nitrogens with zero attached hydrogens (tertiary/aromatic N) is 4. The van der Waals surface area contributed by atoms with Gasteiger partial charge < -0.3 is 4.90 Å². The maximum Gasteiger partial charge on any atom is 0.312 e. The third-order valence-electron chi connectivity index (χ3n) is 4.77. The number of carbonyl (C=O) groups is 1. The van der Waals surface area contributed by atoms with E-state index in [-0.39, 0.29) is 11.6 Å². The highest BCUT2D eigenvalue weighted by molar-refractivity contribution is 5.76. The molecule has 0 bridgehead atoms. The second-order valence-electron chi connectivity index (χ2n) is 6.44. The molecule has 0 atom stereocenters. The van der Waals surface area contributed by atoms with Crippen molar-refractivity contribution in [2.45, 2.75) is 46.2 Å². The first kappa shape index (κ1) is 17.1. The minimum Gasteiger partial charge on any atom is -0.338 e. The number of fused-ring (bicyclic) bond motifs is 1. The Morgan fingerprint density at radius 1 is 1.28 bits per heavy atom. The molecule has 0 spiro atoms. The Balaban J connectivity index is 1.56. The molecule has 2 heterocycles. The molecule has 0 radical (unpaired) electrons. The van der Waals surface area contributed by atoms with Crippen LogP contribution < -0.4 is 0 Å². The maximum atomic E-state index is 12.5. The van der Waals surface area contributed by atoms with Crippen LogP contribution in [0, 0.1) is 24.0 Å². The summed E-state index contributed by atoms with van der Waals surface area (Å²) in [6.07, 6.45) is 1.94. The fourth-order valence-electron chi connectivity index (χ4n) is 3.42. The summed E-state index contributed by atoms with van der Waals surface area (Å²) in [6, 6.07) is 8.23. The third-order valence-corrected chi connectivity index (χ3v) is 4.77. The van der Waals surface area contributed by atoms with Crippen molar-refractivity contribution in [1.82, 2.24) is 14.7 Å². The molecule has 0 N–H and O–H groups in total. The van der Waals surface area contributed by atoms with Crippen molar-refractivity contribution in [3.8, 4) is 0 Å². The van der Waals surface area contributed by atoms with Crippen LogP contribution in [0.2, 0.25) is 0 Å². The van der Waals surface area contributed by atoms with Crippen LogP contribution in [0.4, 0.5) is 5.69 Å². The molecule has 1 amide bonds. The Labute approximate surface area is 146 Å². The largest absolute Gasteiger partial charge is 0.338 e. The fourth-order valence-corrected chi connectivity index (χ4v) is 3.42. The lowest BCUT2D eigenvalue weighted by atomic mass is 9.99. The van der Waals surface area contributed by atoms with Gasteiger partial charge in [-0.05, 0) is 37.8 Å². The van der Waals surface area contributed by atoms with Crippen LogP contribution >= 0.6 is 0 Å². The molecular formula is C18H22N4O3. The van der Waals surface area contributed by atoms with E-state index in [4.69, 9.17) is 0 Å². The normalized spacial score (nSPS) is 13.6. The second-order valence-corrected chi connectivity index (χ2v) is 6.44. The van der Waals surface area contributed by atoms with Gasteiger partial charge in [0.1, 0.15) is 11.4 Å². The second kappa shape index (κ2) is 7.04. The summed E-state index contributed by atoms with van der Waals surface area (Å²) < 4.78 is 1.63. The predicted molar refractivity (Wildman–Crippen MR) is 93.2 cm³/mol. The van der Waals surface area contributed by atoms with Crippen LogP contribution in [-0.4, -0.2) is 32.1 Å². The Morgan fingerprint density at radius 2 is 2.00 bits per heavy atom. The van der Waals surface area contributed by atoms with Gasteiger partial charge in [-0.1, -0.05) is 24.3 Å². The van der Waals surface area contributed by atoms with Gasteiger partial charge in [-0.3, -0.25) is 19.6 Å². The van der Waals surface area contributed by atoms with Gasteiger partial charge in [-0.15, -0.1) is 0 Å². The molecule has 0 saturated heterocycles. The molecule has 0 unspecified atom stereocenters. The topological polar surface area (TPSA) is 81.3 Å². The first-order valence-electron chi connectivity index (χ1n) is 8.50. The van der Waals surface area contributed by atoms with E-state index in [0.717, 1.165) is 13.0 Å². The smallest absolute Gasteiger partial charge is 0.312 e. The molecule has 7 heteroatoms. The summed E-state index contributed by atoms with van der Waals surface area (Å²) in [7, 11) is 0. The van der Waals surface area contributed by atoms with Crippen molar-refractivity contribution in [3.63, 3.8) is 0 Å². The molecule has 3 rings (SSSR count). The Bertz CT molecular complexity index is 813. The summed E-state index contributed by atoms with van der Waals surface area (Å²) >= 11 is 0. The Morgan fingerprint density at radius 3 is 2.68 bits per heavy atom. The molecule has 1 aliphatic rings. The zero-order chi connectivity index (χ0) is 18.0. The molecule has 0 aliphatic carbocycles. The van der Waals surface area contributed by atoms with Gasteiger partial charge in [0.25, 0.3) is 0 Å². The molecule has 132 valence electrons. The molecule has 2 aromatic rings. The third kappa shape index (κ3) is 3.55. The van der Waals surface area contributed by atoms with Crippen molar-refractivity contribution in [3.05, 3.63) is 56.9 Å². The number of amides is 1. The van der Waals surface area contributed by atoms with Crippen LogP contribution in [0.25, 0.3) is 0 Å². The van der Waals surface area contributed by atoms with Crippen LogP contribution in [0.5, 0.6) is 0 Å². The van der Waals surface area contributed by atoms with Crippen molar-refractivity contribution in [2.75, 3.05) is 6.54 Å². The summed E-state index contributed by atoms with van der Waals surface area (Å²) in [5.74, 6) is 0.130. The van der Waals surface area contributed by atoms with Gasteiger partial charge in [-0.2, -0.15) is 5.10 Å². The zero-order valence-corrected chi connectivity index (χ0v) is 14.6. The van der Waals surface area contributed by atoms with Gasteiger partial charge in [0.2, 0.25) is 5.91 Å². The molecule has 25 heavy (non-hydrogen) atoms. The van der Waals surface area contributed by atoms with Crippen molar-refractivity contribution >= 4 is 11.6 Å². The predicted octanol–water partition coefficient (Wildman–Crippen LogP) is 2.77. The number of benzene rings is 1. The van der Waals surface area contributed by atoms with Gasteiger partial charge in [0.15, 0.2) is 0 Å². The number of aryl methyl sites for hydroxylation is 2. The first-order valence-corrected chi connectivity index (χ1v) is 8.50. The van der Waals surface area contributed by atoms with Gasteiger partial charge >= 0.3 is 5.69 Å². The molecule has 0 fully saturated rings. The number of rotatable bonds is 5. The molecule has 1 aromatic carbocycles. The SMILES string of the molecule is Cc1nn(CCCC(=O)N2CCc3ccccc3C2)c(C)c1[N+](=O)[O-]. The standard InChI is InChI=1S/C18H22N4O3/c1-13-18(22(24)25)14(2)21(19-13)10-5-8-17(23)20-11-9-15-6-3-4-7-16(15)12-20/h3-4,6-7H,5,8-12H2,1-2H3. The lowest BCUT2D eigenvalue weighted by Gasteiger charge is -2.29. The van der Waals surface area contributed by atoms with E-state index >= 15 is 0 Å². The van der Waals surface area contributed by atoms with Gasteiger partial charge in [-0.25, -0.2) is 0 Å². The molecule has 0 saturated carbocycles. The highest BCUT2D eigenvalue weighted by Gasteiger charge is 2.23. The monoisotopic (exact) mass is 342 g/mol. The fraction of sp³-hybridized carbons (Fsp3) is 0.444. The molecular weight excluding hydrogens is 320 g/mol. The van der Waals surface area contributed by atoms with E-state index in [1.165, 1.54) is 11.1 Å². The molecule has 7 nitrogen and oxygen atoms in total. The lowest BCUT2D eigenvalue weighted by molar-refractivity contribution is -0.386.